The van der Waals surface area contributed by atoms with Crippen molar-refractivity contribution < 1.29 is 23.9 Å². The zero-order valence-electron chi connectivity index (χ0n) is 24.3. The minimum Gasteiger partial charge on any atom is -0.487 e. The summed E-state index contributed by atoms with van der Waals surface area (Å²) in [5.41, 5.74) is 1.26. The van der Waals surface area contributed by atoms with Crippen molar-refractivity contribution in [2.75, 3.05) is 6.61 Å². The van der Waals surface area contributed by atoms with Crippen molar-refractivity contribution in [1.29, 1.82) is 0 Å². The minimum atomic E-state index is -0.999. The summed E-state index contributed by atoms with van der Waals surface area (Å²) >= 11 is 3.43. The first-order chi connectivity index (χ1) is 19.3. The third kappa shape index (κ3) is 6.59. The predicted octanol–water partition coefficient (Wildman–Crippen LogP) is 7.27. The van der Waals surface area contributed by atoms with Crippen LogP contribution in [0.4, 0.5) is 0 Å². The number of aromatic nitrogens is 2. The Morgan fingerprint density at radius 2 is 1.68 bits per heavy atom. The summed E-state index contributed by atoms with van der Waals surface area (Å²) in [7, 11) is 0. The van der Waals surface area contributed by atoms with Gasteiger partial charge in [-0.05, 0) is 75.2 Å². The molecule has 0 atom stereocenters. The predicted molar refractivity (Wildman–Crippen MR) is 161 cm³/mol. The Bertz CT molecular complexity index is 1580. The zero-order chi connectivity index (χ0) is 29.9. The molecular formula is C33H35BrN2O5. The van der Waals surface area contributed by atoms with Crippen LogP contribution in [0.1, 0.15) is 79.2 Å². The van der Waals surface area contributed by atoms with Gasteiger partial charge in [0, 0.05) is 39.5 Å². The van der Waals surface area contributed by atoms with Crippen LogP contribution in [0.25, 0.3) is 5.52 Å². The summed E-state index contributed by atoms with van der Waals surface area (Å²) in [5, 5.41) is 0. The first kappa shape index (κ1) is 30.2. The molecule has 8 heteroatoms. The third-order valence-electron chi connectivity index (χ3n) is 6.80. The second kappa shape index (κ2) is 12.0. The summed E-state index contributed by atoms with van der Waals surface area (Å²) in [6.45, 7) is 11.3. The van der Waals surface area contributed by atoms with Gasteiger partial charge in [0.25, 0.3) is 0 Å². The van der Waals surface area contributed by atoms with Gasteiger partial charge in [0.2, 0.25) is 5.78 Å². The van der Waals surface area contributed by atoms with Gasteiger partial charge in [-0.15, -0.1) is 0 Å². The van der Waals surface area contributed by atoms with Crippen LogP contribution in [0.2, 0.25) is 0 Å². The Labute approximate surface area is 249 Å². The molecule has 0 unspecified atom stereocenters. The Morgan fingerprint density at radius 1 is 0.976 bits per heavy atom. The largest absolute Gasteiger partial charge is 0.487 e. The summed E-state index contributed by atoms with van der Waals surface area (Å²) in [6.07, 6.45) is 3.58. The topological polar surface area (TPSA) is 87.0 Å². The van der Waals surface area contributed by atoms with Crippen LogP contribution in [0.15, 0.2) is 71.5 Å². The average Bonchev–Trinajstić information content (AvgIpc) is 3.23. The maximum atomic E-state index is 14.2. The maximum Gasteiger partial charge on any atom is 0.311 e. The standard InChI is InChI=1S/C33H35BrN2O5/c1-7-40-31(39)33(5,6)19-25-27(30(38)32(2,3)4)26-18-24(41-20-23-10-8-9-16-35-23)15-17-36(26)28(25)29(37)21-11-13-22(34)14-12-21/h8-18H,7,19-20H2,1-6H3. The number of pyridine rings is 2. The van der Waals surface area contributed by atoms with Crippen molar-refractivity contribution in [2.24, 2.45) is 10.8 Å². The normalized spacial score (nSPS) is 11.9. The van der Waals surface area contributed by atoms with Gasteiger partial charge in [-0.2, -0.15) is 0 Å². The van der Waals surface area contributed by atoms with Crippen LogP contribution in [0, 0.1) is 10.8 Å². The van der Waals surface area contributed by atoms with Crippen LogP contribution in [-0.2, 0) is 22.6 Å². The van der Waals surface area contributed by atoms with Gasteiger partial charge in [0.15, 0.2) is 5.78 Å². The molecule has 0 bridgehead atoms. The molecule has 4 rings (SSSR count). The van der Waals surface area contributed by atoms with Crippen LogP contribution in [0.3, 0.4) is 0 Å². The molecule has 0 aliphatic heterocycles. The molecule has 0 aliphatic rings. The number of esters is 1. The van der Waals surface area contributed by atoms with Gasteiger partial charge in [0.05, 0.1) is 28.9 Å². The lowest BCUT2D eigenvalue weighted by Crippen LogP contribution is -2.31. The number of ether oxygens (including phenoxy) is 2. The Kier molecular flexibility index (Phi) is 8.83. The van der Waals surface area contributed by atoms with E-state index in [4.69, 9.17) is 9.47 Å². The smallest absolute Gasteiger partial charge is 0.311 e. The summed E-state index contributed by atoms with van der Waals surface area (Å²) in [6, 6.07) is 16.2. The molecule has 0 amide bonds. The number of rotatable bonds is 10. The number of ketones is 2. The van der Waals surface area contributed by atoms with Crippen molar-refractivity contribution in [3.8, 4) is 5.75 Å². The quantitative estimate of drug-likeness (QED) is 0.137. The molecule has 0 N–H and O–H groups in total. The SMILES string of the molecule is CCOC(=O)C(C)(C)Cc1c(C(=O)C(C)(C)C)c2cc(OCc3ccccn3)ccn2c1C(=O)c1ccc(Br)cc1. The second-order valence-electron chi connectivity index (χ2n) is 11.6. The number of nitrogens with zero attached hydrogens (tertiary/aromatic N) is 2. The van der Waals surface area contributed by atoms with Crippen LogP contribution < -0.4 is 4.74 Å². The molecular weight excluding hydrogens is 584 g/mol. The monoisotopic (exact) mass is 618 g/mol. The van der Waals surface area contributed by atoms with Crippen LogP contribution >= 0.6 is 15.9 Å². The number of carbonyl (C=O) groups is 3. The molecule has 0 fully saturated rings. The Hall–Kier alpha value is -3.78. The molecule has 0 aliphatic carbocycles. The molecule has 1 aromatic carbocycles. The van der Waals surface area contributed by atoms with E-state index in [9.17, 15) is 14.4 Å². The molecule has 0 spiro atoms. The fourth-order valence-corrected chi connectivity index (χ4v) is 4.91. The third-order valence-corrected chi connectivity index (χ3v) is 7.33. The van der Waals surface area contributed by atoms with Crippen molar-refractivity contribution in [3.05, 3.63) is 99.5 Å². The van der Waals surface area contributed by atoms with Crippen molar-refractivity contribution >= 4 is 39.0 Å². The van der Waals surface area contributed by atoms with E-state index < -0.39 is 16.8 Å². The Morgan fingerprint density at radius 3 is 2.29 bits per heavy atom. The maximum absolute atomic E-state index is 14.2. The number of Topliss-reactive ketones (excluding diaryl/α,β-unsaturated/α-hetero) is 1. The molecule has 214 valence electrons. The van der Waals surface area contributed by atoms with Crippen molar-refractivity contribution in [1.82, 2.24) is 9.38 Å². The van der Waals surface area contributed by atoms with Crippen molar-refractivity contribution in [3.63, 3.8) is 0 Å². The number of hydrogen-bond donors (Lipinski definition) is 0. The minimum absolute atomic E-state index is 0.131. The van der Waals surface area contributed by atoms with Crippen LogP contribution in [-0.4, -0.2) is 33.5 Å². The fraction of sp³-hybridized carbons (Fsp3) is 0.333. The molecule has 41 heavy (non-hydrogen) atoms. The first-order valence-electron chi connectivity index (χ1n) is 13.6. The average molecular weight is 620 g/mol. The van der Waals surface area contributed by atoms with E-state index in [2.05, 4.69) is 20.9 Å². The summed E-state index contributed by atoms with van der Waals surface area (Å²) in [5.74, 6) is -0.257. The summed E-state index contributed by atoms with van der Waals surface area (Å²) in [4.78, 5) is 45.6. The molecule has 0 saturated carbocycles. The van der Waals surface area contributed by atoms with E-state index in [1.165, 1.54) is 0 Å². The molecule has 0 radical (unpaired) electrons. The van der Waals surface area contributed by atoms with E-state index in [0.29, 0.717) is 33.7 Å². The van der Waals surface area contributed by atoms with Gasteiger partial charge in [-0.25, -0.2) is 0 Å². The molecule has 3 aromatic heterocycles. The zero-order valence-corrected chi connectivity index (χ0v) is 25.9. The van der Waals surface area contributed by atoms with E-state index in [1.54, 1.807) is 74.0 Å². The molecule has 4 aromatic rings. The van der Waals surface area contributed by atoms with E-state index >= 15 is 0 Å². The van der Waals surface area contributed by atoms with Gasteiger partial charge < -0.3 is 13.9 Å². The number of halogens is 1. The number of benzene rings is 1. The number of carbonyl (C=O) groups excluding carboxylic acids is 3. The number of fused-ring (bicyclic) bond motifs is 1. The van der Waals surface area contributed by atoms with Gasteiger partial charge >= 0.3 is 5.97 Å². The lowest BCUT2D eigenvalue weighted by atomic mass is 9.79. The Balaban J connectivity index is 1.96. The van der Waals surface area contributed by atoms with E-state index in [1.807, 2.05) is 39.0 Å². The van der Waals surface area contributed by atoms with E-state index in [0.717, 1.165) is 10.2 Å². The van der Waals surface area contributed by atoms with Gasteiger partial charge in [-0.1, -0.05) is 42.8 Å². The highest BCUT2D eigenvalue weighted by Crippen LogP contribution is 2.37. The highest BCUT2D eigenvalue weighted by molar-refractivity contribution is 9.10. The highest BCUT2D eigenvalue weighted by Gasteiger charge is 2.38. The molecule has 3 heterocycles. The fourth-order valence-electron chi connectivity index (χ4n) is 4.64. The second-order valence-corrected chi connectivity index (χ2v) is 12.5. The molecule has 7 nitrogen and oxygen atoms in total. The van der Waals surface area contributed by atoms with E-state index in [-0.39, 0.29) is 31.2 Å². The molecule has 0 saturated heterocycles. The highest BCUT2D eigenvalue weighted by atomic mass is 79.9. The first-order valence-corrected chi connectivity index (χ1v) is 14.3. The lowest BCUT2D eigenvalue weighted by molar-refractivity contribution is -0.153. The van der Waals surface area contributed by atoms with Crippen molar-refractivity contribution in [2.45, 2.75) is 54.6 Å². The summed E-state index contributed by atoms with van der Waals surface area (Å²) < 4.78 is 14.0. The lowest BCUT2D eigenvalue weighted by Gasteiger charge is -2.24. The van der Waals surface area contributed by atoms with Crippen LogP contribution in [0.5, 0.6) is 5.75 Å². The van der Waals surface area contributed by atoms with Gasteiger partial charge in [-0.3, -0.25) is 19.4 Å². The number of hydrogen-bond acceptors (Lipinski definition) is 6. The van der Waals surface area contributed by atoms with Gasteiger partial charge in [0.1, 0.15) is 12.4 Å².